The lowest BCUT2D eigenvalue weighted by Crippen LogP contribution is -2.39. The van der Waals surface area contributed by atoms with Crippen molar-refractivity contribution in [3.63, 3.8) is 0 Å². The van der Waals surface area contributed by atoms with Gasteiger partial charge in [-0.2, -0.15) is 24.2 Å². The van der Waals surface area contributed by atoms with Crippen molar-refractivity contribution in [3.05, 3.63) is 59.3 Å². The minimum Gasteiger partial charge on any atom is -0.435 e. The number of rotatable bonds is 4. The van der Waals surface area contributed by atoms with E-state index in [1.165, 1.54) is 12.1 Å². The van der Waals surface area contributed by atoms with Crippen LogP contribution < -0.4 is 15.4 Å². The Labute approximate surface area is 152 Å². The van der Waals surface area contributed by atoms with Crippen LogP contribution >= 0.6 is 0 Å². The molecule has 1 aliphatic heterocycles. The van der Waals surface area contributed by atoms with E-state index in [-0.39, 0.29) is 11.7 Å². The number of hydrogen-bond donors (Lipinski definition) is 3. The fraction of sp³-hybridized carbons (Fsp3) is 0.167. The lowest BCUT2D eigenvalue weighted by atomic mass is 10.0. The van der Waals surface area contributed by atoms with Crippen molar-refractivity contribution in [3.8, 4) is 17.0 Å². The summed E-state index contributed by atoms with van der Waals surface area (Å²) in [6, 6.07) is 11.5. The van der Waals surface area contributed by atoms with Crippen LogP contribution in [-0.4, -0.2) is 27.9 Å². The molecule has 2 heterocycles. The molecule has 1 atom stereocenters. The van der Waals surface area contributed by atoms with E-state index in [1.54, 1.807) is 18.2 Å². The molecule has 1 unspecified atom stereocenters. The van der Waals surface area contributed by atoms with Crippen LogP contribution in [0.5, 0.6) is 5.75 Å². The Balaban J connectivity index is 1.65. The van der Waals surface area contributed by atoms with Crippen LogP contribution in [-0.2, 0) is 0 Å². The minimum atomic E-state index is -2.89. The van der Waals surface area contributed by atoms with E-state index in [9.17, 15) is 13.6 Å². The first-order chi connectivity index (χ1) is 13.0. The largest absolute Gasteiger partial charge is 0.435 e. The zero-order valence-electron chi connectivity index (χ0n) is 14.2. The molecule has 0 bridgehead atoms. The number of benzene rings is 2. The van der Waals surface area contributed by atoms with Gasteiger partial charge in [-0.25, -0.2) is 0 Å². The van der Waals surface area contributed by atoms with Gasteiger partial charge in [-0.05, 0) is 42.8 Å². The van der Waals surface area contributed by atoms with E-state index in [0.29, 0.717) is 22.5 Å². The quantitative estimate of drug-likeness (QED) is 0.655. The van der Waals surface area contributed by atoms with Crippen molar-refractivity contribution in [2.24, 2.45) is 0 Å². The number of hydrogen-bond acceptors (Lipinski definition) is 5. The monoisotopic (exact) mass is 371 g/mol. The SMILES string of the molecule is Cc1cccc2c1NC(c1n[nH]nc1-c1ccc(OC(F)F)cc1)NC2=O. The van der Waals surface area contributed by atoms with Crippen LogP contribution in [0.25, 0.3) is 11.3 Å². The van der Waals surface area contributed by atoms with E-state index in [1.807, 2.05) is 19.1 Å². The second-order valence-electron chi connectivity index (χ2n) is 6.01. The number of nitrogens with zero attached hydrogens (tertiary/aromatic N) is 2. The zero-order chi connectivity index (χ0) is 19.0. The minimum absolute atomic E-state index is 0.0486. The number of amides is 1. The normalized spacial score (nSPS) is 15.9. The number of carbonyl (C=O) groups excluding carboxylic acids is 1. The van der Waals surface area contributed by atoms with Gasteiger partial charge in [0.25, 0.3) is 5.91 Å². The lowest BCUT2D eigenvalue weighted by molar-refractivity contribution is -0.0498. The molecule has 0 fully saturated rings. The molecule has 1 aliphatic rings. The van der Waals surface area contributed by atoms with E-state index in [4.69, 9.17) is 0 Å². The molecule has 7 nitrogen and oxygen atoms in total. The van der Waals surface area contributed by atoms with E-state index in [0.717, 1.165) is 11.3 Å². The molecular formula is C18H15F2N5O2. The Kier molecular flexibility index (Phi) is 4.19. The summed E-state index contributed by atoms with van der Waals surface area (Å²) in [5.41, 5.74) is 3.86. The van der Waals surface area contributed by atoms with Crippen molar-refractivity contribution in [2.45, 2.75) is 19.7 Å². The average molecular weight is 371 g/mol. The van der Waals surface area contributed by atoms with Gasteiger partial charge in [0.05, 0.1) is 11.3 Å². The maximum atomic E-state index is 12.4. The number of ether oxygens (including phenoxy) is 1. The number of alkyl halides is 2. The summed E-state index contributed by atoms with van der Waals surface area (Å²) in [6.45, 7) is -0.976. The second-order valence-corrected chi connectivity index (χ2v) is 6.01. The molecule has 1 aromatic heterocycles. The summed E-state index contributed by atoms with van der Waals surface area (Å²) in [4.78, 5) is 12.4. The second kappa shape index (κ2) is 6.67. The molecule has 2 aromatic carbocycles. The summed E-state index contributed by atoms with van der Waals surface area (Å²) in [6.07, 6.45) is -0.586. The number of halogens is 2. The molecule has 0 saturated heterocycles. The molecule has 9 heteroatoms. The van der Waals surface area contributed by atoms with Crippen LogP contribution in [0.1, 0.15) is 27.8 Å². The highest BCUT2D eigenvalue weighted by Gasteiger charge is 2.29. The van der Waals surface area contributed by atoms with Gasteiger partial charge in [-0.15, -0.1) is 0 Å². The van der Waals surface area contributed by atoms with E-state index >= 15 is 0 Å². The fourth-order valence-corrected chi connectivity index (χ4v) is 3.02. The van der Waals surface area contributed by atoms with Gasteiger partial charge in [0.15, 0.2) is 0 Å². The van der Waals surface area contributed by atoms with Gasteiger partial charge in [-0.3, -0.25) is 4.79 Å². The third-order valence-electron chi connectivity index (χ3n) is 4.28. The smallest absolute Gasteiger partial charge is 0.387 e. The molecular weight excluding hydrogens is 356 g/mol. The molecule has 138 valence electrons. The first-order valence-electron chi connectivity index (χ1n) is 8.16. The van der Waals surface area contributed by atoms with E-state index in [2.05, 4.69) is 30.8 Å². The average Bonchev–Trinajstić information content (AvgIpc) is 3.12. The first-order valence-corrected chi connectivity index (χ1v) is 8.16. The number of carbonyl (C=O) groups is 1. The number of aromatic amines is 1. The van der Waals surface area contributed by atoms with Gasteiger partial charge >= 0.3 is 6.61 Å². The standard InChI is InChI=1S/C18H15F2N5O2/c1-9-3-2-4-12-13(9)21-16(22-17(12)26)15-14(23-25-24-15)10-5-7-11(8-6-10)27-18(19)20/h2-8,16,18,21H,1H3,(H,22,26)(H,23,24,25). The predicted molar refractivity (Wildman–Crippen MR) is 93.5 cm³/mol. The maximum absolute atomic E-state index is 12.4. The molecule has 0 saturated carbocycles. The number of aromatic nitrogens is 3. The molecule has 0 spiro atoms. The van der Waals surface area contributed by atoms with Gasteiger partial charge in [-0.1, -0.05) is 12.1 Å². The Hall–Kier alpha value is -3.49. The van der Waals surface area contributed by atoms with Crippen molar-refractivity contribution >= 4 is 11.6 Å². The number of para-hydroxylation sites is 1. The van der Waals surface area contributed by atoms with Gasteiger partial charge in [0.2, 0.25) is 0 Å². The number of fused-ring (bicyclic) bond motifs is 1. The first kappa shape index (κ1) is 17.0. The maximum Gasteiger partial charge on any atom is 0.387 e. The summed E-state index contributed by atoms with van der Waals surface area (Å²) in [5, 5.41) is 17.0. The van der Waals surface area contributed by atoms with Gasteiger partial charge < -0.3 is 15.4 Å². The topological polar surface area (TPSA) is 91.9 Å². The third-order valence-corrected chi connectivity index (χ3v) is 4.28. The van der Waals surface area contributed by atoms with Crippen LogP contribution in [0, 0.1) is 6.92 Å². The van der Waals surface area contributed by atoms with Crippen LogP contribution in [0.3, 0.4) is 0 Å². The number of anilines is 1. The Morgan fingerprint density at radius 3 is 2.59 bits per heavy atom. The number of aryl methyl sites for hydroxylation is 1. The Bertz CT molecular complexity index is 988. The lowest BCUT2D eigenvalue weighted by Gasteiger charge is -2.28. The molecule has 3 aromatic rings. The highest BCUT2D eigenvalue weighted by atomic mass is 19.3. The molecule has 1 amide bonds. The number of nitrogens with one attached hydrogen (secondary N) is 3. The molecule has 3 N–H and O–H groups in total. The van der Waals surface area contributed by atoms with Gasteiger partial charge in [0.1, 0.15) is 23.3 Å². The van der Waals surface area contributed by atoms with Crippen LogP contribution in [0.4, 0.5) is 14.5 Å². The van der Waals surface area contributed by atoms with Gasteiger partial charge in [0, 0.05) is 5.56 Å². The summed E-state index contributed by atoms with van der Waals surface area (Å²) >= 11 is 0. The van der Waals surface area contributed by atoms with Crippen molar-refractivity contribution in [2.75, 3.05) is 5.32 Å². The van der Waals surface area contributed by atoms with Crippen LogP contribution in [0.2, 0.25) is 0 Å². The summed E-state index contributed by atoms with van der Waals surface area (Å²) < 4.78 is 28.9. The predicted octanol–water partition coefficient (Wildman–Crippen LogP) is 3.24. The highest BCUT2D eigenvalue weighted by molar-refractivity contribution is 6.02. The summed E-state index contributed by atoms with van der Waals surface area (Å²) in [5.74, 6) is -0.167. The zero-order valence-corrected chi connectivity index (χ0v) is 14.2. The Morgan fingerprint density at radius 2 is 1.85 bits per heavy atom. The number of H-pyrrole nitrogens is 1. The third kappa shape index (κ3) is 3.19. The Morgan fingerprint density at radius 1 is 1.07 bits per heavy atom. The molecule has 0 radical (unpaired) electrons. The highest BCUT2D eigenvalue weighted by Crippen LogP contribution is 2.32. The fourth-order valence-electron chi connectivity index (χ4n) is 3.02. The van der Waals surface area contributed by atoms with Crippen molar-refractivity contribution < 1.29 is 18.3 Å². The summed E-state index contributed by atoms with van der Waals surface area (Å²) in [7, 11) is 0. The van der Waals surface area contributed by atoms with Crippen molar-refractivity contribution in [1.82, 2.24) is 20.7 Å². The molecule has 0 aliphatic carbocycles. The van der Waals surface area contributed by atoms with Crippen LogP contribution in [0.15, 0.2) is 42.5 Å². The molecule has 27 heavy (non-hydrogen) atoms. The van der Waals surface area contributed by atoms with Crippen molar-refractivity contribution in [1.29, 1.82) is 0 Å². The van der Waals surface area contributed by atoms with E-state index < -0.39 is 12.8 Å². The molecule has 4 rings (SSSR count).